The molecule has 1 aliphatic rings. The van der Waals surface area contributed by atoms with Crippen molar-refractivity contribution in [2.75, 3.05) is 19.4 Å². The van der Waals surface area contributed by atoms with Crippen LogP contribution in [0.1, 0.15) is 54.2 Å². The van der Waals surface area contributed by atoms with Crippen molar-refractivity contribution in [3.05, 3.63) is 49.6 Å². The van der Waals surface area contributed by atoms with Crippen molar-refractivity contribution in [2.45, 2.75) is 58.0 Å². The van der Waals surface area contributed by atoms with Gasteiger partial charge in [-0.1, -0.05) is 13.3 Å². The van der Waals surface area contributed by atoms with Crippen molar-refractivity contribution in [1.82, 2.24) is 9.88 Å². The Labute approximate surface area is 239 Å². The number of nitrogens with one attached hydrogen (secondary N) is 2. The summed E-state index contributed by atoms with van der Waals surface area (Å²) in [5, 5.41) is 8.75. The Kier molecular flexibility index (Phi) is 10.6. The number of alkyl halides is 3. The van der Waals surface area contributed by atoms with Gasteiger partial charge in [0.1, 0.15) is 28.3 Å². The van der Waals surface area contributed by atoms with Crippen molar-refractivity contribution in [3.8, 4) is 0 Å². The number of nitrogens with zero attached hydrogens (tertiary/aromatic N) is 2. The number of carbonyl (C=O) groups excluding carboxylic acids is 3. The van der Waals surface area contributed by atoms with E-state index in [0.29, 0.717) is 23.4 Å². The second-order valence-corrected chi connectivity index (χ2v) is 10.6. The van der Waals surface area contributed by atoms with E-state index in [9.17, 15) is 31.9 Å². The van der Waals surface area contributed by atoms with Crippen LogP contribution >= 0.6 is 22.7 Å². The number of carbonyl (C=O) groups is 3. The summed E-state index contributed by atoms with van der Waals surface area (Å²) in [6.07, 6.45) is -5.82. The van der Waals surface area contributed by atoms with E-state index >= 15 is 4.39 Å². The van der Waals surface area contributed by atoms with Crippen LogP contribution < -0.4 is 21.2 Å². The standard InChI is InChI=1S/C25H28F5N5O4S2/c1-4-5-15(31)23(38)39-11-35-16(13-6-7-14(26)19(20(13)27)25(28,29)30)10-41-24(35)34-17(36)8-12-9-40-22(33-3)18(12)21(37)32-2/h9-10,15,33H,4-8,11,31H2,1-3H3,(H,32,37). The van der Waals surface area contributed by atoms with Crippen molar-refractivity contribution < 1.29 is 41.1 Å². The number of hydrogen-bond donors (Lipinski definition) is 3. The molecule has 41 heavy (non-hydrogen) atoms. The summed E-state index contributed by atoms with van der Waals surface area (Å²) in [6.45, 7) is 1.16. The number of esters is 1. The first-order chi connectivity index (χ1) is 19.3. The predicted molar refractivity (Wildman–Crippen MR) is 144 cm³/mol. The van der Waals surface area contributed by atoms with Gasteiger partial charge in [-0.3, -0.25) is 19.0 Å². The lowest BCUT2D eigenvalue weighted by molar-refractivity contribution is -0.149. The van der Waals surface area contributed by atoms with Crippen LogP contribution in [0.2, 0.25) is 0 Å². The summed E-state index contributed by atoms with van der Waals surface area (Å²) in [6, 6.07) is -0.979. The van der Waals surface area contributed by atoms with E-state index in [-0.39, 0.29) is 22.5 Å². The van der Waals surface area contributed by atoms with E-state index < -0.39 is 72.4 Å². The number of hydrogen-bond acceptors (Lipinski definition) is 8. The maximum atomic E-state index is 15.1. The molecule has 0 saturated carbocycles. The first-order valence-corrected chi connectivity index (χ1v) is 14.1. The first-order valence-electron chi connectivity index (χ1n) is 12.4. The van der Waals surface area contributed by atoms with Gasteiger partial charge < -0.3 is 21.1 Å². The number of aromatic nitrogens is 1. The first kappa shape index (κ1) is 32.1. The Hall–Kier alpha value is -3.37. The van der Waals surface area contributed by atoms with Crippen LogP contribution in [0.15, 0.2) is 33.0 Å². The number of nitrogens with two attached hydrogens (primary N) is 1. The molecule has 1 unspecified atom stereocenters. The fourth-order valence-electron chi connectivity index (χ4n) is 4.10. The Morgan fingerprint density at radius 2 is 1.88 bits per heavy atom. The quantitative estimate of drug-likeness (QED) is 0.264. The van der Waals surface area contributed by atoms with Gasteiger partial charge in [-0.15, -0.1) is 22.7 Å². The van der Waals surface area contributed by atoms with Gasteiger partial charge in [0.15, 0.2) is 11.5 Å². The monoisotopic (exact) mass is 621 g/mol. The highest BCUT2D eigenvalue weighted by atomic mass is 32.1. The van der Waals surface area contributed by atoms with Crippen LogP contribution in [0.4, 0.5) is 27.0 Å². The number of amides is 2. The molecule has 4 N–H and O–H groups in total. The van der Waals surface area contributed by atoms with E-state index in [1.165, 1.54) is 23.8 Å². The molecule has 0 radical (unpaired) electrons. The zero-order valence-corrected chi connectivity index (χ0v) is 23.9. The third kappa shape index (κ3) is 7.29. The molecule has 9 nitrogen and oxygen atoms in total. The summed E-state index contributed by atoms with van der Waals surface area (Å²) < 4.78 is 75.7. The lowest BCUT2D eigenvalue weighted by atomic mass is 9.95. The molecule has 1 aliphatic carbocycles. The molecule has 0 spiro atoms. The Bertz CT molecular complexity index is 1450. The summed E-state index contributed by atoms with van der Waals surface area (Å²) in [5.41, 5.74) is 3.77. The molecule has 0 aromatic carbocycles. The fourth-order valence-corrected chi connectivity index (χ4v) is 5.94. The average molecular weight is 622 g/mol. The van der Waals surface area contributed by atoms with Gasteiger partial charge in [0.2, 0.25) is 0 Å². The van der Waals surface area contributed by atoms with E-state index in [0.717, 1.165) is 15.9 Å². The Balaban J connectivity index is 2.06. The number of anilines is 1. The van der Waals surface area contributed by atoms with Gasteiger partial charge in [0.05, 0.1) is 17.7 Å². The Morgan fingerprint density at radius 1 is 1.17 bits per heavy atom. The lowest BCUT2D eigenvalue weighted by Crippen LogP contribution is -2.33. The van der Waals surface area contributed by atoms with Crippen molar-refractivity contribution in [1.29, 1.82) is 0 Å². The Morgan fingerprint density at radius 3 is 2.49 bits per heavy atom. The van der Waals surface area contributed by atoms with Gasteiger partial charge in [-0.2, -0.15) is 18.2 Å². The number of allylic oxidation sites excluding steroid dienone is 4. The van der Waals surface area contributed by atoms with Crippen LogP contribution in [-0.2, 0) is 27.5 Å². The van der Waals surface area contributed by atoms with E-state index in [1.807, 2.05) is 0 Å². The normalized spacial score (nSPS) is 15.3. The largest absolute Gasteiger partial charge is 0.443 e. The third-order valence-corrected chi connectivity index (χ3v) is 8.00. The summed E-state index contributed by atoms with van der Waals surface area (Å²) in [5.74, 6) is -5.40. The maximum absolute atomic E-state index is 15.1. The highest BCUT2D eigenvalue weighted by Crippen LogP contribution is 2.44. The maximum Gasteiger partial charge on any atom is 0.421 e. The molecule has 0 fully saturated rings. The van der Waals surface area contributed by atoms with Gasteiger partial charge in [-0.25, -0.2) is 8.78 Å². The number of thiazole rings is 1. The van der Waals surface area contributed by atoms with Crippen LogP contribution in [0, 0.1) is 0 Å². The van der Waals surface area contributed by atoms with E-state index in [2.05, 4.69) is 15.6 Å². The summed E-state index contributed by atoms with van der Waals surface area (Å²) >= 11 is 1.99. The zero-order chi connectivity index (χ0) is 30.5. The molecule has 2 aromatic heterocycles. The second kappa shape index (κ2) is 13.5. The molecule has 224 valence electrons. The molecular formula is C25H28F5N5O4S2. The van der Waals surface area contributed by atoms with Gasteiger partial charge in [0, 0.05) is 31.5 Å². The van der Waals surface area contributed by atoms with E-state index in [1.54, 1.807) is 19.4 Å². The number of thiophene rings is 1. The van der Waals surface area contributed by atoms with Gasteiger partial charge in [-0.05, 0) is 23.8 Å². The van der Waals surface area contributed by atoms with Gasteiger partial charge >= 0.3 is 12.1 Å². The number of ether oxygens (including phenoxy) is 1. The van der Waals surface area contributed by atoms with Crippen molar-refractivity contribution in [2.24, 2.45) is 10.7 Å². The zero-order valence-electron chi connectivity index (χ0n) is 22.3. The molecule has 0 aliphatic heterocycles. The van der Waals surface area contributed by atoms with Crippen molar-refractivity contribution in [3.63, 3.8) is 0 Å². The molecule has 0 saturated heterocycles. The fraction of sp³-hybridized carbons (Fsp3) is 0.440. The van der Waals surface area contributed by atoms with Gasteiger partial charge in [0.25, 0.3) is 11.8 Å². The molecule has 2 amide bonds. The third-order valence-electron chi connectivity index (χ3n) is 6.09. The number of rotatable bonds is 10. The minimum Gasteiger partial charge on any atom is -0.443 e. The summed E-state index contributed by atoms with van der Waals surface area (Å²) in [7, 11) is 3.05. The minimum atomic E-state index is -5.28. The van der Waals surface area contributed by atoms with Crippen LogP contribution in [0.25, 0.3) is 5.57 Å². The molecule has 1 atom stereocenters. The van der Waals surface area contributed by atoms with Crippen LogP contribution in [0.3, 0.4) is 0 Å². The molecule has 0 bridgehead atoms. The van der Waals surface area contributed by atoms with Crippen molar-refractivity contribution >= 4 is 51.0 Å². The highest BCUT2D eigenvalue weighted by Gasteiger charge is 2.43. The SMILES string of the molecule is CCCC(N)C(=O)OCn1c(C2=C(F)C(C(F)(F)F)=C(F)CC2)csc1=NC(=O)Cc1csc(NC)c1C(=O)NC. The predicted octanol–water partition coefficient (Wildman–Crippen LogP) is 4.57. The summed E-state index contributed by atoms with van der Waals surface area (Å²) in [4.78, 5) is 41.6. The topological polar surface area (TPSA) is 128 Å². The average Bonchev–Trinajstić information content (AvgIpc) is 3.49. The lowest BCUT2D eigenvalue weighted by Gasteiger charge is -2.21. The molecular weight excluding hydrogens is 593 g/mol. The highest BCUT2D eigenvalue weighted by molar-refractivity contribution is 7.14. The molecule has 16 heteroatoms. The van der Waals surface area contributed by atoms with E-state index in [4.69, 9.17) is 10.5 Å². The smallest absolute Gasteiger partial charge is 0.421 e. The second-order valence-electron chi connectivity index (χ2n) is 8.87. The minimum absolute atomic E-state index is 0.115. The van der Waals surface area contributed by atoms with Crippen LogP contribution in [-0.4, -0.2) is 48.7 Å². The van der Waals surface area contributed by atoms with Crippen LogP contribution in [0.5, 0.6) is 0 Å². The molecule has 3 rings (SSSR count). The molecule has 2 aromatic rings. The number of halogens is 5. The molecule has 2 heterocycles.